The minimum Gasteiger partial charge on any atom is -0.480 e. The van der Waals surface area contributed by atoms with Gasteiger partial charge in [0.25, 0.3) is 0 Å². The predicted molar refractivity (Wildman–Crippen MR) is 50.1 cm³/mol. The van der Waals surface area contributed by atoms with Crippen molar-refractivity contribution < 1.29 is 18.8 Å². The minimum absolute atomic E-state index is 0.244. The molecule has 2 fully saturated rings. The van der Waals surface area contributed by atoms with Crippen molar-refractivity contribution in [2.24, 2.45) is 0 Å². The second-order valence-corrected chi connectivity index (χ2v) is 6.30. The summed E-state index contributed by atoms with van der Waals surface area (Å²) >= 11 is 0. The molecule has 0 saturated carbocycles. The molecule has 1 N–H and O–H groups in total. The largest absolute Gasteiger partial charge is 0.480 e. The van der Waals surface area contributed by atoms with Crippen molar-refractivity contribution in [2.45, 2.75) is 30.0 Å². The van der Waals surface area contributed by atoms with Gasteiger partial charge in [0.2, 0.25) is 0 Å². The van der Waals surface area contributed by atoms with Crippen molar-refractivity contribution in [3.63, 3.8) is 0 Å². The predicted octanol–water partition coefficient (Wildman–Crippen LogP) is -0.404. The Kier molecular flexibility index (Phi) is 2.17. The molecular weight excluding hydrogens is 206 g/mol. The SMILES string of the molecule is CC1(C)C(C(=O)O)N2COCC2S1=O. The maximum absolute atomic E-state index is 11.9. The fourth-order valence-electron chi connectivity index (χ4n) is 2.16. The molecule has 5 nitrogen and oxygen atoms in total. The molecule has 3 atom stereocenters. The molecule has 0 aromatic heterocycles. The van der Waals surface area contributed by atoms with E-state index in [0.29, 0.717) is 6.61 Å². The second kappa shape index (κ2) is 3.01. The Balaban J connectivity index is 2.38. The summed E-state index contributed by atoms with van der Waals surface area (Å²) in [6.45, 7) is 4.12. The normalized spacial score (nSPS) is 41.1. The van der Waals surface area contributed by atoms with Crippen molar-refractivity contribution >= 4 is 16.8 Å². The number of rotatable bonds is 1. The van der Waals surface area contributed by atoms with Crippen LogP contribution in [0.15, 0.2) is 0 Å². The zero-order chi connectivity index (χ0) is 10.5. The Bertz CT molecular complexity index is 304. The molecule has 2 heterocycles. The fraction of sp³-hybridized carbons (Fsp3) is 0.875. The van der Waals surface area contributed by atoms with Crippen LogP contribution in [0.5, 0.6) is 0 Å². The van der Waals surface area contributed by atoms with Crippen LogP contribution in [0.3, 0.4) is 0 Å². The topological polar surface area (TPSA) is 66.8 Å². The smallest absolute Gasteiger partial charge is 0.322 e. The summed E-state index contributed by atoms with van der Waals surface area (Å²) in [7, 11) is -1.17. The van der Waals surface area contributed by atoms with E-state index in [0.717, 1.165) is 0 Å². The van der Waals surface area contributed by atoms with Crippen LogP contribution in [-0.4, -0.2) is 49.7 Å². The van der Waals surface area contributed by atoms with Crippen LogP contribution in [0.25, 0.3) is 0 Å². The molecule has 0 amide bonds. The van der Waals surface area contributed by atoms with Crippen molar-refractivity contribution in [3.05, 3.63) is 0 Å². The van der Waals surface area contributed by atoms with Crippen LogP contribution >= 0.6 is 0 Å². The van der Waals surface area contributed by atoms with Gasteiger partial charge in [-0.2, -0.15) is 0 Å². The lowest BCUT2D eigenvalue weighted by molar-refractivity contribution is -0.144. The van der Waals surface area contributed by atoms with E-state index in [1.165, 1.54) is 0 Å². The molecule has 2 aliphatic heterocycles. The van der Waals surface area contributed by atoms with Gasteiger partial charge in [0.15, 0.2) is 0 Å². The molecule has 0 spiro atoms. The van der Waals surface area contributed by atoms with E-state index in [1.54, 1.807) is 18.7 Å². The zero-order valence-corrected chi connectivity index (χ0v) is 8.91. The molecule has 3 unspecified atom stereocenters. The Morgan fingerprint density at radius 1 is 1.64 bits per heavy atom. The van der Waals surface area contributed by atoms with E-state index < -0.39 is 27.6 Å². The fourth-order valence-corrected chi connectivity index (χ4v) is 3.97. The van der Waals surface area contributed by atoms with E-state index in [9.17, 15) is 9.00 Å². The standard InChI is InChI=1S/C8H13NO4S/c1-8(2)6(7(10)11)9-4-13-3-5(9)14(8)12/h5-6H,3-4H2,1-2H3,(H,10,11). The lowest BCUT2D eigenvalue weighted by atomic mass is 10.0. The van der Waals surface area contributed by atoms with Gasteiger partial charge in [-0.05, 0) is 13.8 Å². The minimum atomic E-state index is -1.17. The molecule has 2 saturated heterocycles. The summed E-state index contributed by atoms with van der Waals surface area (Å²) in [6.07, 6.45) is 0. The summed E-state index contributed by atoms with van der Waals surface area (Å²) in [5.41, 5.74) is 0. The first-order chi connectivity index (χ1) is 6.46. The van der Waals surface area contributed by atoms with Gasteiger partial charge < -0.3 is 9.84 Å². The molecule has 0 radical (unpaired) electrons. The lowest BCUT2D eigenvalue weighted by Gasteiger charge is -2.25. The van der Waals surface area contributed by atoms with Crippen LogP contribution in [0, 0.1) is 0 Å². The first-order valence-corrected chi connectivity index (χ1v) is 5.64. The maximum Gasteiger partial charge on any atom is 0.322 e. The van der Waals surface area contributed by atoms with Gasteiger partial charge in [0, 0.05) is 10.8 Å². The first-order valence-electron chi connectivity index (χ1n) is 4.43. The number of aliphatic carboxylic acids is 1. The molecule has 0 bridgehead atoms. The van der Waals surface area contributed by atoms with Crippen LogP contribution in [0.4, 0.5) is 0 Å². The number of fused-ring (bicyclic) bond motifs is 1. The van der Waals surface area contributed by atoms with Crippen LogP contribution in [0.2, 0.25) is 0 Å². The van der Waals surface area contributed by atoms with E-state index in [-0.39, 0.29) is 12.1 Å². The number of hydrogen-bond acceptors (Lipinski definition) is 4. The third-order valence-corrected chi connectivity index (χ3v) is 5.02. The van der Waals surface area contributed by atoms with Crippen molar-refractivity contribution in [1.82, 2.24) is 4.90 Å². The van der Waals surface area contributed by atoms with Gasteiger partial charge in [-0.15, -0.1) is 0 Å². The lowest BCUT2D eigenvalue weighted by Crippen LogP contribution is -2.47. The molecule has 6 heteroatoms. The number of hydrogen-bond donors (Lipinski definition) is 1. The van der Waals surface area contributed by atoms with Crippen LogP contribution in [-0.2, 0) is 20.3 Å². The van der Waals surface area contributed by atoms with Gasteiger partial charge >= 0.3 is 5.97 Å². The van der Waals surface area contributed by atoms with Gasteiger partial charge in [-0.25, -0.2) is 4.90 Å². The number of carbonyl (C=O) groups is 1. The first kappa shape index (κ1) is 10.1. The highest BCUT2D eigenvalue weighted by molar-refractivity contribution is 7.87. The summed E-state index contributed by atoms with van der Waals surface area (Å²) in [5.74, 6) is -0.920. The second-order valence-electron chi connectivity index (χ2n) is 4.11. The third-order valence-electron chi connectivity index (χ3n) is 2.86. The summed E-state index contributed by atoms with van der Waals surface area (Å²) in [5, 5.41) is 8.84. The number of nitrogens with zero attached hydrogens (tertiary/aromatic N) is 1. The molecule has 2 aliphatic rings. The Morgan fingerprint density at radius 2 is 2.29 bits per heavy atom. The highest BCUT2D eigenvalue weighted by atomic mass is 32.2. The molecule has 0 aromatic carbocycles. The molecule has 0 aromatic rings. The number of ether oxygens (including phenoxy) is 1. The van der Waals surface area contributed by atoms with E-state index in [1.807, 2.05) is 0 Å². The van der Waals surface area contributed by atoms with Gasteiger partial charge in [0.05, 0.1) is 11.4 Å². The third kappa shape index (κ3) is 1.14. The molecule has 2 rings (SSSR count). The van der Waals surface area contributed by atoms with Crippen molar-refractivity contribution in [1.29, 1.82) is 0 Å². The number of carboxylic acids is 1. The average Bonchev–Trinajstić information content (AvgIpc) is 2.55. The van der Waals surface area contributed by atoms with E-state index in [4.69, 9.17) is 9.84 Å². The van der Waals surface area contributed by atoms with Crippen LogP contribution in [0.1, 0.15) is 13.8 Å². The zero-order valence-electron chi connectivity index (χ0n) is 8.10. The monoisotopic (exact) mass is 219 g/mol. The number of carboxylic acid groups (broad SMARTS) is 1. The molecular formula is C8H13NO4S. The van der Waals surface area contributed by atoms with Crippen molar-refractivity contribution in [2.75, 3.05) is 13.3 Å². The maximum atomic E-state index is 11.9. The molecule has 0 aliphatic carbocycles. The van der Waals surface area contributed by atoms with Crippen molar-refractivity contribution in [3.8, 4) is 0 Å². The van der Waals surface area contributed by atoms with Gasteiger partial charge in [-0.1, -0.05) is 0 Å². The quantitative estimate of drug-likeness (QED) is 0.649. The summed E-state index contributed by atoms with van der Waals surface area (Å²) in [6, 6.07) is -0.698. The average molecular weight is 219 g/mol. The van der Waals surface area contributed by atoms with E-state index in [2.05, 4.69) is 0 Å². The van der Waals surface area contributed by atoms with Gasteiger partial charge in [0.1, 0.15) is 18.1 Å². The highest BCUT2D eigenvalue weighted by Gasteiger charge is 2.58. The Labute approximate surface area is 84.5 Å². The molecule has 80 valence electrons. The summed E-state index contributed by atoms with van der Waals surface area (Å²) in [4.78, 5) is 12.8. The van der Waals surface area contributed by atoms with Crippen LogP contribution < -0.4 is 0 Å². The summed E-state index contributed by atoms with van der Waals surface area (Å²) < 4.78 is 16.4. The molecule has 14 heavy (non-hydrogen) atoms. The highest BCUT2D eigenvalue weighted by Crippen LogP contribution is 2.38. The Hall–Kier alpha value is -0.460. The van der Waals surface area contributed by atoms with Gasteiger partial charge in [-0.3, -0.25) is 9.00 Å². The Morgan fingerprint density at radius 3 is 2.86 bits per heavy atom. The van der Waals surface area contributed by atoms with E-state index >= 15 is 0 Å².